The summed E-state index contributed by atoms with van der Waals surface area (Å²) in [6.45, 7) is 1.78. The van der Waals surface area contributed by atoms with Crippen molar-refractivity contribution < 1.29 is 0 Å². The lowest BCUT2D eigenvalue weighted by Gasteiger charge is -2.04. The van der Waals surface area contributed by atoms with Crippen molar-refractivity contribution in [3.05, 3.63) is 78.8 Å². The number of pyridine rings is 1. The highest BCUT2D eigenvalue weighted by Crippen LogP contribution is 2.17. The summed E-state index contributed by atoms with van der Waals surface area (Å²) in [7, 11) is 0. The van der Waals surface area contributed by atoms with E-state index in [1.165, 1.54) is 4.40 Å². The average Bonchev–Trinajstić information content (AvgIpc) is 3.03. The van der Waals surface area contributed by atoms with Crippen molar-refractivity contribution in [3.63, 3.8) is 0 Å². The number of imidazole rings is 1. The Morgan fingerprint density at radius 2 is 1.92 bits per heavy atom. The van der Waals surface area contributed by atoms with Crippen molar-refractivity contribution in [2.45, 2.75) is 6.92 Å². The summed E-state index contributed by atoms with van der Waals surface area (Å²) in [5.41, 5.74) is 3.52. The molecule has 0 atom stereocenters. The molecule has 2 heterocycles. The fourth-order valence-electron chi connectivity index (χ4n) is 2.99. The fraction of sp³-hybridized carbons (Fsp3) is 0.0500. The van der Waals surface area contributed by atoms with Crippen LogP contribution in [0.15, 0.2) is 53.3 Å². The van der Waals surface area contributed by atoms with Crippen LogP contribution in [0.25, 0.3) is 22.9 Å². The van der Waals surface area contributed by atoms with Crippen molar-refractivity contribution in [1.82, 2.24) is 9.38 Å². The number of hydrogen-bond donors (Lipinski definition) is 1. The zero-order valence-electron chi connectivity index (χ0n) is 13.8. The van der Waals surface area contributed by atoms with Crippen LogP contribution in [-0.4, -0.2) is 9.38 Å². The highest BCUT2D eigenvalue weighted by molar-refractivity contribution is 14.1. The maximum atomic E-state index is 13.1. The van der Waals surface area contributed by atoms with Crippen molar-refractivity contribution >= 4 is 51.2 Å². The number of anilines is 1. The van der Waals surface area contributed by atoms with Gasteiger partial charge in [-0.3, -0.25) is 9.20 Å². The lowest BCUT2D eigenvalue weighted by Crippen LogP contribution is -2.34. The van der Waals surface area contributed by atoms with E-state index < -0.39 is 0 Å². The molecule has 4 rings (SSSR count). The van der Waals surface area contributed by atoms with Crippen LogP contribution in [0, 0.1) is 21.8 Å². The van der Waals surface area contributed by atoms with E-state index in [-0.39, 0.29) is 5.56 Å². The van der Waals surface area contributed by atoms with Gasteiger partial charge in [0.05, 0.1) is 21.8 Å². The van der Waals surface area contributed by atoms with Gasteiger partial charge in [-0.15, -0.1) is 0 Å². The number of para-hydroxylation sites is 2. The molecule has 26 heavy (non-hydrogen) atoms. The molecule has 0 aliphatic carbocycles. The molecule has 5 nitrogen and oxygen atoms in total. The van der Waals surface area contributed by atoms with Crippen LogP contribution < -0.4 is 16.1 Å². The first-order valence-electron chi connectivity index (χ1n) is 7.96. The first-order chi connectivity index (χ1) is 12.6. The summed E-state index contributed by atoms with van der Waals surface area (Å²) in [6, 6.07) is 17.4. The largest absolute Gasteiger partial charge is 0.361 e. The Balaban J connectivity index is 2.01. The van der Waals surface area contributed by atoms with Gasteiger partial charge in [0.1, 0.15) is 6.07 Å². The van der Waals surface area contributed by atoms with E-state index in [0.717, 1.165) is 9.26 Å². The molecule has 2 aromatic carbocycles. The number of hydrogen-bond acceptors (Lipinski definition) is 4. The molecule has 0 fully saturated rings. The number of nitriles is 1. The summed E-state index contributed by atoms with van der Waals surface area (Å²) in [5.74, 6) is 0. The standard InChI is InChI=1S/C20H13IN4O/c1-12-15(10-22)19-24-17-4-2-3-5-18(17)25(19)20(26)16(12)11-23-14-8-6-13(21)7-9-14/h2-9,11,23H,1H3/b16-11-. The molecule has 0 saturated carbocycles. The third-order valence-electron chi connectivity index (χ3n) is 4.34. The summed E-state index contributed by atoms with van der Waals surface area (Å²) >= 11 is 2.24. The molecule has 126 valence electrons. The van der Waals surface area contributed by atoms with E-state index in [1.54, 1.807) is 13.1 Å². The molecule has 0 aliphatic heterocycles. The minimum absolute atomic E-state index is 0.191. The molecule has 6 heteroatoms. The maximum Gasteiger partial charge on any atom is 0.265 e. The molecule has 0 radical (unpaired) electrons. The van der Waals surface area contributed by atoms with Gasteiger partial charge in [-0.1, -0.05) is 12.1 Å². The Morgan fingerprint density at radius 1 is 1.19 bits per heavy atom. The molecule has 2 aromatic heterocycles. The first kappa shape index (κ1) is 16.5. The van der Waals surface area contributed by atoms with Crippen molar-refractivity contribution in [3.8, 4) is 6.07 Å². The van der Waals surface area contributed by atoms with Crippen LogP contribution in [-0.2, 0) is 0 Å². The molecular weight excluding hydrogens is 439 g/mol. The Kier molecular flexibility index (Phi) is 4.09. The number of nitrogens with zero attached hydrogens (tertiary/aromatic N) is 3. The van der Waals surface area contributed by atoms with Crippen LogP contribution >= 0.6 is 22.6 Å². The lowest BCUT2D eigenvalue weighted by atomic mass is 10.1. The van der Waals surface area contributed by atoms with E-state index in [2.05, 4.69) is 39.0 Å². The third-order valence-corrected chi connectivity index (χ3v) is 5.06. The molecule has 0 bridgehead atoms. The van der Waals surface area contributed by atoms with Crippen LogP contribution in [0.4, 0.5) is 5.69 Å². The van der Waals surface area contributed by atoms with E-state index in [4.69, 9.17) is 0 Å². The molecule has 0 aliphatic rings. The second-order valence-corrected chi connectivity index (χ2v) is 7.13. The Morgan fingerprint density at radius 3 is 2.65 bits per heavy atom. The van der Waals surface area contributed by atoms with Gasteiger partial charge in [0.15, 0.2) is 5.65 Å². The Hall–Kier alpha value is -2.92. The van der Waals surface area contributed by atoms with Crippen molar-refractivity contribution in [2.24, 2.45) is 0 Å². The topological polar surface area (TPSA) is 70.2 Å². The van der Waals surface area contributed by atoms with E-state index >= 15 is 0 Å². The zero-order valence-corrected chi connectivity index (χ0v) is 16.0. The smallest absolute Gasteiger partial charge is 0.265 e. The van der Waals surface area contributed by atoms with Crippen LogP contribution in [0.2, 0.25) is 0 Å². The second kappa shape index (κ2) is 6.42. The zero-order chi connectivity index (χ0) is 18.3. The predicted octanol–water partition coefficient (Wildman–Crippen LogP) is 3.20. The van der Waals surface area contributed by atoms with Gasteiger partial charge >= 0.3 is 0 Å². The van der Waals surface area contributed by atoms with Gasteiger partial charge in [0.2, 0.25) is 0 Å². The average molecular weight is 452 g/mol. The van der Waals surface area contributed by atoms with E-state index in [1.807, 2.05) is 48.5 Å². The second-order valence-electron chi connectivity index (χ2n) is 5.89. The lowest BCUT2D eigenvalue weighted by molar-refractivity contribution is 1.10. The summed E-state index contributed by atoms with van der Waals surface area (Å²) in [4.78, 5) is 17.6. The normalized spacial score (nSPS) is 11.8. The van der Waals surface area contributed by atoms with Gasteiger partial charge in [0.25, 0.3) is 5.56 Å². The minimum atomic E-state index is -0.191. The van der Waals surface area contributed by atoms with Crippen LogP contribution in [0.5, 0.6) is 0 Å². The van der Waals surface area contributed by atoms with Gasteiger partial charge in [-0.05, 0) is 71.5 Å². The molecule has 0 spiro atoms. The summed E-state index contributed by atoms with van der Waals surface area (Å²) in [6.07, 6.45) is 1.66. The third kappa shape index (κ3) is 2.61. The molecule has 4 aromatic rings. The van der Waals surface area contributed by atoms with Gasteiger partial charge in [-0.2, -0.15) is 5.26 Å². The number of benzene rings is 2. The summed E-state index contributed by atoms with van der Waals surface area (Å²) < 4.78 is 2.65. The molecule has 1 N–H and O–H groups in total. The minimum Gasteiger partial charge on any atom is -0.361 e. The number of aromatic nitrogens is 2. The highest BCUT2D eigenvalue weighted by Gasteiger charge is 2.15. The summed E-state index contributed by atoms with van der Waals surface area (Å²) in [5, 5.41) is 13.2. The maximum absolute atomic E-state index is 13.1. The van der Waals surface area contributed by atoms with E-state index in [0.29, 0.717) is 33.0 Å². The quantitative estimate of drug-likeness (QED) is 0.475. The van der Waals surface area contributed by atoms with Crippen LogP contribution in [0.1, 0.15) is 11.1 Å². The fourth-order valence-corrected chi connectivity index (χ4v) is 3.35. The SMILES string of the molecule is Cc1c(C#N)c2nc3ccccc3n2c(=O)/c1=C\Nc1ccc(I)cc1. The number of halogens is 1. The Labute approximate surface area is 162 Å². The first-order valence-corrected chi connectivity index (χ1v) is 9.04. The van der Waals surface area contributed by atoms with Crippen LogP contribution in [0.3, 0.4) is 0 Å². The van der Waals surface area contributed by atoms with Gasteiger partial charge < -0.3 is 5.32 Å². The molecule has 0 unspecified atom stereocenters. The number of nitrogens with one attached hydrogen (secondary N) is 1. The monoisotopic (exact) mass is 452 g/mol. The Bertz CT molecular complexity index is 1300. The predicted molar refractivity (Wildman–Crippen MR) is 111 cm³/mol. The number of fused-ring (bicyclic) bond motifs is 3. The van der Waals surface area contributed by atoms with Crippen molar-refractivity contribution in [2.75, 3.05) is 5.32 Å². The van der Waals surface area contributed by atoms with Crippen molar-refractivity contribution in [1.29, 1.82) is 5.26 Å². The van der Waals surface area contributed by atoms with E-state index in [9.17, 15) is 10.1 Å². The number of rotatable bonds is 2. The molecular formula is C20H13IN4O. The van der Waals surface area contributed by atoms with Gasteiger partial charge in [0, 0.05) is 15.5 Å². The highest BCUT2D eigenvalue weighted by atomic mass is 127. The molecule has 0 saturated heterocycles. The van der Waals surface area contributed by atoms with Gasteiger partial charge in [-0.25, -0.2) is 4.98 Å². The molecule has 0 amide bonds.